The zero-order valence-electron chi connectivity index (χ0n) is 15.2. The second kappa shape index (κ2) is 5.67. The minimum absolute atomic E-state index is 0.727. The van der Waals surface area contributed by atoms with E-state index in [9.17, 15) is 0 Å². The summed E-state index contributed by atoms with van der Waals surface area (Å²) in [5.74, 6) is 0. The third-order valence-corrected chi connectivity index (χ3v) is 7.03. The number of aromatic nitrogens is 1. The molecule has 132 valence electrons. The highest BCUT2D eigenvalue weighted by atomic mass is 32.1. The van der Waals surface area contributed by atoms with Crippen molar-refractivity contribution >= 4 is 43.5 Å². The van der Waals surface area contributed by atoms with E-state index in [4.69, 9.17) is 4.42 Å². The van der Waals surface area contributed by atoms with E-state index < -0.39 is 0 Å². The van der Waals surface area contributed by atoms with Gasteiger partial charge >= 0.3 is 0 Å². The zero-order valence-corrected chi connectivity index (χ0v) is 16.0. The van der Waals surface area contributed by atoms with Crippen LogP contribution in [-0.2, 0) is 12.8 Å². The van der Waals surface area contributed by atoms with Crippen molar-refractivity contribution < 1.29 is 4.42 Å². The number of benzene rings is 2. The van der Waals surface area contributed by atoms with E-state index in [1.54, 1.807) is 10.4 Å². The van der Waals surface area contributed by atoms with Crippen molar-refractivity contribution in [1.29, 1.82) is 0 Å². The first-order chi connectivity index (χ1) is 13.3. The van der Waals surface area contributed by atoms with Crippen LogP contribution in [0, 0.1) is 6.92 Å². The van der Waals surface area contributed by atoms with E-state index in [0.717, 1.165) is 33.3 Å². The number of pyridine rings is 1. The van der Waals surface area contributed by atoms with E-state index in [2.05, 4.69) is 47.4 Å². The molecule has 3 heterocycles. The largest absolute Gasteiger partial charge is 0.437 e. The summed E-state index contributed by atoms with van der Waals surface area (Å²) >= 11 is 1.98. The van der Waals surface area contributed by atoms with Crippen molar-refractivity contribution in [3.63, 3.8) is 0 Å². The molecular formula is C24H19NOS. The van der Waals surface area contributed by atoms with Crippen LogP contribution in [0.15, 0.2) is 52.9 Å². The molecule has 0 saturated carbocycles. The smallest absolute Gasteiger partial charge is 0.227 e. The third kappa shape index (κ3) is 2.28. The molecule has 2 nitrogen and oxygen atoms in total. The minimum Gasteiger partial charge on any atom is -0.437 e. The Morgan fingerprint density at radius 1 is 0.926 bits per heavy atom. The summed E-state index contributed by atoms with van der Waals surface area (Å²) in [7, 11) is 0. The standard InChI is InChI=1S/C24H19NOS/c1-14-9-11-20-19-7-4-6-16(23(19)26-24(20)25-14)15-10-12-18-17-5-2-3-8-21(17)27-22(18)13-15/h4,6-7,9-13H,2-3,5,8H2,1H3. The van der Waals surface area contributed by atoms with Gasteiger partial charge in [0.15, 0.2) is 0 Å². The summed E-state index contributed by atoms with van der Waals surface area (Å²) < 4.78 is 7.61. The van der Waals surface area contributed by atoms with E-state index >= 15 is 0 Å². The molecule has 0 spiro atoms. The fourth-order valence-corrected chi connectivity index (χ4v) is 5.76. The summed E-state index contributed by atoms with van der Waals surface area (Å²) in [5, 5.41) is 3.68. The Labute approximate surface area is 161 Å². The lowest BCUT2D eigenvalue weighted by atomic mass is 9.95. The highest BCUT2D eigenvalue weighted by Crippen LogP contribution is 2.40. The number of nitrogens with zero attached hydrogens (tertiary/aromatic N) is 1. The van der Waals surface area contributed by atoms with Crippen molar-refractivity contribution in [3.8, 4) is 11.1 Å². The Balaban J connectivity index is 1.59. The number of fused-ring (bicyclic) bond motifs is 6. The highest BCUT2D eigenvalue weighted by molar-refractivity contribution is 7.19. The Morgan fingerprint density at radius 2 is 1.81 bits per heavy atom. The van der Waals surface area contributed by atoms with Gasteiger partial charge in [0.25, 0.3) is 0 Å². The Kier molecular flexibility index (Phi) is 3.24. The normalized spacial score (nSPS) is 14.3. The molecule has 0 unspecified atom stereocenters. The molecule has 3 aromatic heterocycles. The van der Waals surface area contributed by atoms with Gasteiger partial charge in [0.05, 0.1) is 0 Å². The first-order valence-corrected chi connectivity index (χ1v) is 10.4. The molecule has 0 aliphatic heterocycles. The van der Waals surface area contributed by atoms with Gasteiger partial charge in [0, 0.05) is 31.6 Å². The lowest BCUT2D eigenvalue weighted by Gasteiger charge is -2.10. The number of hydrogen-bond donors (Lipinski definition) is 0. The van der Waals surface area contributed by atoms with Crippen LogP contribution in [0.1, 0.15) is 29.0 Å². The maximum atomic E-state index is 6.20. The average Bonchev–Trinajstić information content (AvgIpc) is 3.24. The van der Waals surface area contributed by atoms with Crippen LogP contribution in [0.3, 0.4) is 0 Å². The van der Waals surface area contributed by atoms with Gasteiger partial charge in [0.1, 0.15) is 5.58 Å². The van der Waals surface area contributed by atoms with Crippen molar-refractivity contribution in [2.75, 3.05) is 0 Å². The van der Waals surface area contributed by atoms with Gasteiger partial charge in [-0.2, -0.15) is 0 Å². The summed E-state index contributed by atoms with van der Waals surface area (Å²) in [6, 6.07) is 17.5. The molecule has 5 aromatic rings. The minimum atomic E-state index is 0.727. The Morgan fingerprint density at radius 3 is 2.78 bits per heavy atom. The zero-order chi connectivity index (χ0) is 18.0. The number of hydrogen-bond acceptors (Lipinski definition) is 3. The first kappa shape index (κ1) is 15.4. The average molecular weight is 369 g/mol. The fourth-order valence-electron chi connectivity index (χ4n) is 4.43. The van der Waals surface area contributed by atoms with Crippen LogP contribution in [0.4, 0.5) is 0 Å². The molecule has 1 aliphatic rings. The van der Waals surface area contributed by atoms with Crippen molar-refractivity contribution in [2.45, 2.75) is 32.6 Å². The van der Waals surface area contributed by atoms with Gasteiger partial charge < -0.3 is 4.42 Å². The maximum Gasteiger partial charge on any atom is 0.227 e. The molecule has 6 rings (SSSR count). The van der Waals surface area contributed by atoms with E-state index in [1.807, 2.05) is 24.3 Å². The van der Waals surface area contributed by atoms with Gasteiger partial charge in [-0.25, -0.2) is 4.98 Å². The van der Waals surface area contributed by atoms with E-state index in [-0.39, 0.29) is 0 Å². The molecule has 0 radical (unpaired) electrons. The molecule has 0 saturated heterocycles. The Hall–Kier alpha value is -2.65. The number of thiophene rings is 1. The number of para-hydroxylation sites is 1. The topological polar surface area (TPSA) is 26.0 Å². The second-order valence-corrected chi connectivity index (χ2v) is 8.65. The second-order valence-electron chi connectivity index (χ2n) is 7.51. The van der Waals surface area contributed by atoms with Gasteiger partial charge in [0.2, 0.25) is 5.71 Å². The predicted molar refractivity (Wildman–Crippen MR) is 114 cm³/mol. The van der Waals surface area contributed by atoms with Gasteiger partial charge in [-0.05, 0) is 67.3 Å². The van der Waals surface area contributed by atoms with Crippen molar-refractivity contribution in [1.82, 2.24) is 4.98 Å². The van der Waals surface area contributed by atoms with Crippen LogP contribution in [0.25, 0.3) is 43.3 Å². The molecule has 0 fully saturated rings. The quantitative estimate of drug-likeness (QED) is 0.316. The molecule has 0 atom stereocenters. The molecule has 0 amide bonds. The molecule has 0 bridgehead atoms. The number of rotatable bonds is 1. The summed E-state index contributed by atoms with van der Waals surface area (Å²) in [6.45, 7) is 2.00. The molecule has 1 aliphatic carbocycles. The summed E-state index contributed by atoms with van der Waals surface area (Å²) in [4.78, 5) is 6.17. The summed E-state index contributed by atoms with van der Waals surface area (Å²) in [5.41, 5.74) is 6.61. The lowest BCUT2D eigenvalue weighted by Crippen LogP contribution is -1.97. The van der Waals surface area contributed by atoms with Crippen LogP contribution < -0.4 is 0 Å². The first-order valence-electron chi connectivity index (χ1n) is 9.61. The SMILES string of the molecule is Cc1ccc2c(n1)oc1c(-c3ccc4c5c(sc4c3)CCCC5)cccc12. The van der Waals surface area contributed by atoms with Crippen LogP contribution in [0.2, 0.25) is 0 Å². The summed E-state index contributed by atoms with van der Waals surface area (Å²) in [6.07, 6.45) is 5.13. The highest BCUT2D eigenvalue weighted by Gasteiger charge is 2.18. The number of furan rings is 1. The third-order valence-electron chi connectivity index (χ3n) is 5.77. The lowest BCUT2D eigenvalue weighted by molar-refractivity contribution is 0.653. The molecule has 27 heavy (non-hydrogen) atoms. The van der Waals surface area contributed by atoms with Gasteiger partial charge in [-0.15, -0.1) is 11.3 Å². The van der Waals surface area contributed by atoms with Gasteiger partial charge in [-0.1, -0.05) is 30.3 Å². The van der Waals surface area contributed by atoms with Crippen molar-refractivity contribution in [3.05, 3.63) is 64.7 Å². The van der Waals surface area contributed by atoms with Crippen molar-refractivity contribution in [2.24, 2.45) is 0 Å². The van der Waals surface area contributed by atoms with Crippen LogP contribution >= 0.6 is 11.3 Å². The maximum absolute atomic E-state index is 6.20. The predicted octanol–water partition coefficient (Wildman–Crippen LogP) is 7.05. The van der Waals surface area contributed by atoms with E-state index in [0.29, 0.717) is 0 Å². The molecule has 3 heteroatoms. The van der Waals surface area contributed by atoms with E-state index in [1.165, 1.54) is 41.3 Å². The van der Waals surface area contributed by atoms with Crippen LogP contribution in [0.5, 0.6) is 0 Å². The number of aryl methyl sites for hydroxylation is 3. The monoisotopic (exact) mass is 369 g/mol. The Bertz CT molecular complexity index is 1340. The fraction of sp³-hybridized carbons (Fsp3) is 0.208. The van der Waals surface area contributed by atoms with Crippen LogP contribution in [-0.4, -0.2) is 4.98 Å². The van der Waals surface area contributed by atoms with Gasteiger partial charge in [-0.3, -0.25) is 0 Å². The molecule has 0 N–H and O–H groups in total. The molecular weight excluding hydrogens is 350 g/mol. The molecule has 2 aromatic carbocycles.